The lowest BCUT2D eigenvalue weighted by Crippen LogP contribution is -2.37. The third-order valence-corrected chi connectivity index (χ3v) is 5.53. The van der Waals surface area contributed by atoms with Crippen molar-refractivity contribution in [2.24, 2.45) is 4.99 Å². The van der Waals surface area contributed by atoms with Crippen LogP contribution >= 0.6 is 11.6 Å². The van der Waals surface area contributed by atoms with E-state index in [2.05, 4.69) is 0 Å². The van der Waals surface area contributed by atoms with Gasteiger partial charge in [0.25, 0.3) is 5.91 Å². The maximum Gasteiger partial charge on any atom is 0.303 e. The molecule has 0 aliphatic carbocycles. The van der Waals surface area contributed by atoms with Crippen LogP contribution in [0.3, 0.4) is 0 Å². The highest BCUT2D eigenvalue weighted by molar-refractivity contribution is 6.32. The van der Waals surface area contributed by atoms with E-state index in [9.17, 15) is 19.8 Å². The van der Waals surface area contributed by atoms with E-state index in [0.29, 0.717) is 34.1 Å². The van der Waals surface area contributed by atoms with Crippen molar-refractivity contribution >= 4 is 34.9 Å². The number of aromatic hydroxyl groups is 1. The van der Waals surface area contributed by atoms with Crippen molar-refractivity contribution in [2.45, 2.75) is 25.4 Å². The predicted molar refractivity (Wildman–Crippen MR) is 123 cm³/mol. The smallest absolute Gasteiger partial charge is 0.303 e. The number of phenols is 1. The topological polar surface area (TPSA) is 90.2 Å². The van der Waals surface area contributed by atoms with Gasteiger partial charge in [0.15, 0.2) is 0 Å². The van der Waals surface area contributed by atoms with Gasteiger partial charge in [0.1, 0.15) is 11.8 Å². The Bertz CT molecular complexity index is 1180. The average molecular weight is 449 g/mol. The number of hydrogen-bond acceptors (Lipinski definition) is 4. The number of carboxylic acids is 1. The van der Waals surface area contributed by atoms with Gasteiger partial charge in [-0.2, -0.15) is 0 Å². The van der Waals surface area contributed by atoms with Gasteiger partial charge in [0.2, 0.25) is 0 Å². The van der Waals surface area contributed by atoms with Crippen LogP contribution in [0, 0.1) is 0 Å². The fraction of sp³-hybridized carbons (Fsp3) is 0.160. The first kappa shape index (κ1) is 21.6. The minimum Gasteiger partial charge on any atom is -0.508 e. The summed E-state index contributed by atoms with van der Waals surface area (Å²) in [6.45, 7) is 0.316. The molecule has 0 aromatic heterocycles. The predicted octanol–water partition coefficient (Wildman–Crippen LogP) is 4.66. The van der Waals surface area contributed by atoms with Gasteiger partial charge in [0.05, 0.1) is 17.9 Å². The lowest BCUT2D eigenvalue weighted by Gasteiger charge is -2.25. The van der Waals surface area contributed by atoms with Crippen molar-refractivity contribution in [3.8, 4) is 5.75 Å². The van der Waals surface area contributed by atoms with E-state index in [-0.39, 0.29) is 24.5 Å². The van der Waals surface area contributed by atoms with E-state index >= 15 is 0 Å². The third-order valence-electron chi connectivity index (χ3n) is 5.30. The van der Waals surface area contributed by atoms with E-state index in [1.54, 1.807) is 47.4 Å². The molecule has 4 rings (SSSR count). The Kier molecular flexibility index (Phi) is 6.23. The summed E-state index contributed by atoms with van der Waals surface area (Å²) >= 11 is 6.32. The Morgan fingerprint density at radius 1 is 1.03 bits per heavy atom. The maximum atomic E-state index is 13.6. The lowest BCUT2D eigenvalue weighted by atomic mass is 9.99. The first-order valence-corrected chi connectivity index (χ1v) is 10.5. The second kappa shape index (κ2) is 9.24. The summed E-state index contributed by atoms with van der Waals surface area (Å²) in [6.07, 6.45) is -0.109. The number of phenolic OH excluding ortho intramolecular Hbond substituents is 1. The normalized spacial score (nSPS) is 15.7. The molecule has 0 saturated carbocycles. The van der Waals surface area contributed by atoms with Crippen LogP contribution in [0.4, 0.5) is 5.69 Å². The maximum absolute atomic E-state index is 13.6. The molecule has 3 aromatic rings. The second-order valence-electron chi connectivity index (χ2n) is 7.54. The number of carboxylic acid groups (broad SMARTS) is 1. The molecule has 2 N–H and O–H groups in total. The van der Waals surface area contributed by atoms with Gasteiger partial charge in [-0.25, -0.2) is 0 Å². The third kappa shape index (κ3) is 4.65. The molecule has 0 fully saturated rings. The number of carbonyl (C=O) groups excluding carboxylic acids is 1. The minimum atomic E-state index is -0.987. The summed E-state index contributed by atoms with van der Waals surface area (Å²) < 4.78 is 0. The van der Waals surface area contributed by atoms with Crippen LogP contribution in [0.5, 0.6) is 5.75 Å². The number of rotatable bonds is 6. The molecule has 0 spiro atoms. The zero-order valence-electron chi connectivity index (χ0n) is 17.1. The van der Waals surface area contributed by atoms with Crippen LogP contribution in [-0.4, -0.2) is 33.8 Å². The quantitative estimate of drug-likeness (QED) is 0.573. The first-order valence-electron chi connectivity index (χ1n) is 10.2. The molecule has 1 aliphatic heterocycles. The van der Waals surface area contributed by atoms with Crippen molar-refractivity contribution in [1.29, 1.82) is 0 Å². The molecule has 7 heteroatoms. The van der Waals surface area contributed by atoms with Crippen molar-refractivity contribution in [3.05, 3.63) is 94.5 Å². The van der Waals surface area contributed by atoms with Gasteiger partial charge in [-0.15, -0.1) is 0 Å². The lowest BCUT2D eigenvalue weighted by molar-refractivity contribution is -0.137. The average Bonchev–Trinajstić information content (AvgIpc) is 2.89. The molecule has 0 saturated heterocycles. The number of benzene rings is 3. The fourth-order valence-electron chi connectivity index (χ4n) is 3.74. The summed E-state index contributed by atoms with van der Waals surface area (Å²) in [5, 5.41) is 19.4. The summed E-state index contributed by atoms with van der Waals surface area (Å²) in [5.74, 6) is -1.15. The SMILES string of the molecule is O=C(O)CCC1N=C(c2ccc(O)cc2)c2cc(Cl)ccc2N(Cc2ccccc2)C1=O. The summed E-state index contributed by atoms with van der Waals surface area (Å²) in [6, 6.07) is 20.5. The number of anilines is 1. The highest BCUT2D eigenvalue weighted by atomic mass is 35.5. The van der Waals surface area contributed by atoms with Gasteiger partial charge >= 0.3 is 5.97 Å². The van der Waals surface area contributed by atoms with E-state index in [0.717, 1.165) is 5.56 Å². The molecule has 0 bridgehead atoms. The number of carbonyl (C=O) groups is 2. The molecule has 1 atom stereocenters. The van der Waals surface area contributed by atoms with Crippen LogP contribution in [0.25, 0.3) is 0 Å². The Morgan fingerprint density at radius 2 is 1.75 bits per heavy atom. The molecule has 0 radical (unpaired) electrons. The van der Waals surface area contributed by atoms with Gasteiger partial charge < -0.3 is 15.1 Å². The fourth-order valence-corrected chi connectivity index (χ4v) is 3.91. The Morgan fingerprint density at radius 3 is 2.44 bits per heavy atom. The number of hydrogen-bond donors (Lipinski definition) is 2. The van der Waals surface area contributed by atoms with E-state index < -0.39 is 12.0 Å². The van der Waals surface area contributed by atoms with E-state index in [4.69, 9.17) is 16.6 Å². The molecule has 162 valence electrons. The summed E-state index contributed by atoms with van der Waals surface area (Å²) in [4.78, 5) is 31.2. The number of halogens is 1. The van der Waals surface area contributed by atoms with Gasteiger partial charge in [-0.1, -0.05) is 41.9 Å². The standard InChI is InChI=1S/C25H21ClN2O4/c26-18-8-12-22-20(14-18)24(17-6-9-19(29)10-7-17)27-21(11-13-23(30)31)25(32)28(22)15-16-4-2-1-3-5-16/h1-10,12,14,21,29H,11,13,15H2,(H,30,31). The second-order valence-corrected chi connectivity index (χ2v) is 7.98. The summed E-state index contributed by atoms with van der Waals surface area (Å²) in [7, 11) is 0. The molecule has 1 unspecified atom stereocenters. The largest absolute Gasteiger partial charge is 0.508 e. The number of nitrogens with zero attached hydrogens (tertiary/aromatic N) is 2. The number of fused-ring (bicyclic) bond motifs is 1. The van der Waals surface area contributed by atoms with Crippen molar-refractivity contribution < 1.29 is 19.8 Å². The molecular formula is C25H21ClN2O4. The molecule has 3 aromatic carbocycles. The molecule has 1 aliphatic rings. The highest BCUT2D eigenvalue weighted by Crippen LogP contribution is 2.33. The zero-order valence-corrected chi connectivity index (χ0v) is 17.9. The molecular weight excluding hydrogens is 428 g/mol. The van der Waals surface area contributed by atoms with Crippen LogP contribution in [-0.2, 0) is 16.1 Å². The van der Waals surface area contributed by atoms with Crippen molar-refractivity contribution in [1.82, 2.24) is 0 Å². The molecule has 6 nitrogen and oxygen atoms in total. The number of aliphatic imine (C=N–C) groups is 1. The number of aliphatic carboxylic acids is 1. The Balaban J connectivity index is 1.87. The van der Waals surface area contributed by atoms with Gasteiger partial charge in [-0.05, 0) is 54.4 Å². The number of amides is 1. The zero-order chi connectivity index (χ0) is 22.7. The van der Waals surface area contributed by atoms with Gasteiger partial charge in [0, 0.05) is 22.6 Å². The Labute approximate surface area is 190 Å². The number of benzodiazepines with no additional fused rings is 1. The molecule has 1 amide bonds. The molecule has 32 heavy (non-hydrogen) atoms. The monoisotopic (exact) mass is 448 g/mol. The minimum absolute atomic E-state index is 0.0722. The van der Waals surface area contributed by atoms with Crippen LogP contribution < -0.4 is 4.90 Å². The highest BCUT2D eigenvalue weighted by Gasteiger charge is 2.32. The molecule has 1 heterocycles. The Hall–Kier alpha value is -3.64. The van der Waals surface area contributed by atoms with Crippen LogP contribution in [0.1, 0.15) is 29.5 Å². The van der Waals surface area contributed by atoms with Crippen molar-refractivity contribution in [3.63, 3.8) is 0 Å². The van der Waals surface area contributed by atoms with E-state index in [1.165, 1.54) is 0 Å². The first-order chi connectivity index (χ1) is 15.4. The van der Waals surface area contributed by atoms with E-state index in [1.807, 2.05) is 30.3 Å². The summed E-state index contributed by atoms with van der Waals surface area (Å²) in [5.41, 5.74) is 3.48. The van der Waals surface area contributed by atoms with Crippen LogP contribution in [0.15, 0.2) is 77.8 Å². The van der Waals surface area contributed by atoms with Crippen molar-refractivity contribution in [2.75, 3.05) is 4.90 Å². The van der Waals surface area contributed by atoms with Crippen LogP contribution in [0.2, 0.25) is 5.02 Å². The van der Waals surface area contributed by atoms with Gasteiger partial charge in [-0.3, -0.25) is 14.6 Å².